The summed E-state index contributed by atoms with van der Waals surface area (Å²) >= 11 is 0. The molecule has 1 heterocycles. The molecule has 0 fully saturated rings. The van der Waals surface area contributed by atoms with Crippen LogP contribution in [0.15, 0.2) is 47.1 Å². The van der Waals surface area contributed by atoms with Gasteiger partial charge in [0.15, 0.2) is 0 Å². The van der Waals surface area contributed by atoms with Crippen molar-refractivity contribution in [1.29, 1.82) is 0 Å². The highest BCUT2D eigenvalue weighted by Gasteiger charge is 2.13. The average Bonchev–Trinajstić information content (AvgIpc) is 3.04. The quantitative estimate of drug-likeness (QED) is 0.853. The number of halogens is 1. The SMILES string of the molecule is CC(=O)N(CCC(=O)NCc1ccco1)Cc1ccccc1F. The molecule has 0 spiro atoms. The third-order valence-corrected chi connectivity index (χ3v) is 3.41. The largest absolute Gasteiger partial charge is 0.467 e. The van der Waals surface area contributed by atoms with E-state index in [1.165, 1.54) is 24.2 Å². The first-order chi connectivity index (χ1) is 11.1. The van der Waals surface area contributed by atoms with E-state index in [-0.39, 0.29) is 37.1 Å². The van der Waals surface area contributed by atoms with Crippen molar-refractivity contribution >= 4 is 11.8 Å². The molecule has 2 aromatic rings. The minimum Gasteiger partial charge on any atom is -0.467 e. The Morgan fingerprint density at radius 2 is 2.00 bits per heavy atom. The Bertz CT molecular complexity index is 656. The van der Waals surface area contributed by atoms with E-state index in [0.29, 0.717) is 17.9 Å². The normalized spacial score (nSPS) is 10.3. The number of rotatable bonds is 7. The van der Waals surface area contributed by atoms with Gasteiger partial charge in [-0.2, -0.15) is 0 Å². The Kier molecular flexibility index (Phi) is 5.91. The lowest BCUT2D eigenvalue weighted by Crippen LogP contribution is -2.33. The van der Waals surface area contributed by atoms with Crippen LogP contribution in [-0.2, 0) is 22.7 Å². The monoisotopic (exact) mass is 318 g/mol. The van der Waals surface area contributed by atoms with E-state index in [2.05, 4.69) is 5.32 Å². The van der Waals surface area contributed by atoms with Crippen LogP contribution in [0.1, 0.15) is 24.7 Å². The van der Waals surface area contributed by atoms with Gasteiger partial charge in [-0.1, -0.05) is 18.2 Å². The molecule has 0 bridgehead atoms. The van der Waals surface area contributed by atoms with Gasteiger partial charge in [0, 0.05) is 32.0 Å². The lowest BCUT2D eigenvalue weighted by atomic mass is 10.2. The van der Waals surface area contributed by atoms with Crippen molar-refractivity contribution in [2.24, 2.45) is 0 Å². The highest BCUT2D eigenvalue weighted by atomic mass is 19.1. The van der Waals surface area contributed by atoms with E-state index >= 15 is 0 Å². The number of nitrogens with one attached hydrogen (secondary N) is 1. The van der Waals surface area contributed by atoms with Crippen LogP contribution in [0.25, 0.3) is 0 Å². The van der Waals surface area contributed by atoms with Crippen LogP contribution in [0, 0.1) is 5.82 Å². The predicted molar refractivity (Wildman–Crippen MR) is 82.7 cm³/mol. The number of carbonyl (C=O) groups is 2. The van der Waals surface area contributed by atoms with Gasteiger partial charge in [-0.25, -0.2) is 4.39 Å². The van der Waals surface area contributed by atoms with Gasteiger partial charge >= 0.3 is 0 Å². The Labute approximate surface area is 134 Å². The fraction of sp³-hybridized carbons (Fsp3) is 0.294. The number of furan rings is 1. The average molecular weight is 318 g/mol. The molecule has 0 atom stereocenters. The summed E-state index contributed by atoms with van der Waals surface area (Å²) in [4.78, 5) is 24.9. The molecular weight excluding hydrogens is 299 g/mol. The second-order valence-corrected chi connectivity index (χ2v) is 5.14. The fourth-order valence-electron chi connectivity index (χ4n) is 2.10. The van der Waals surface area contributed by atoms with E-state index < -0.39 is 0 Å². The summed E-state index contributed by atoms with van der Waals surface area (Å²) in [5, 5.41) is 2.71. The first kappa shape index (κ1) is 16.7. The molecule has 6 heteroatoms. The second-order valence-electron chi connectivity index (χ2n) is 5.14. The molecule has 0 aliphatic carbocycles. The lowest BCUT2D eigenvalue weighted by molar-refractivity contribution is -0.130. The topological polar surface area (TPSA) is 62.6 Å². The minimum atomic E-state index is -0.360. The van der Waals surface area contributed by atoms with Gasteiger partial charge in [-0.05, 0) is 18.2 Å². The van der Waals surface area contributed by atoms with Crippen LogP contribution in [0.5, 0.6) is 0 Å². The molecule has 23 heavy (non-hydrogen) atoms. The maximum atomic E-state index is 13.7. The molecule has 1 aromatic heterocycles. The Balaban J connectivity index is 1.83. The zero-order valence-corrected chi connectivity index (χ0v) is 12.9. The molecule has 0 radical (unpaired) electrons. The summed E-state index contributed by atoms with van der Waals surface area (Å²) < 4.78 is 18.8. The maximum Gasteiger partial charge on any atom is 0.222 e. The fourth-order valence-corrected chi connectivity index (χ4v) is 2.10. The van der Waals surface area contributed by atoms with E-state index in [4.69, 9.17) is 4.42 Å². The molecule has 1 N–H and O–H groups in total. The molecule has 1 aromatic carbocycles. The van der Waals surface area contributed by atoms with Gasteiger partial charge in [0.1, 0.15) is 11.6 Å². The zero-order valence-electron chi connectivity index (χ0n) is 12.9. The highest BCUT2D eigenvalue weighted by molar-refractivity contribution is 5.77. The number of carbonyl (C=O) groups excluding carboxylic acids is 2. The van der Waals surface area contributed by atoms with Crippen molar-refractivity contribution in [1.82, 2.24) is 10.2 Å². The molecule has 0 saturated carbocycles. The first-order valence-corrected chi connectivity index (χ1v) is 7.34. The van der Waals surface area contributed by atoms with Crippen molar-refractivity contribution in [2.45, 2.75) is 26.4 Å². The second kappa shape index (κ2) is 8.12. The zero-order chi connectivity index (χ0) is 16.7. The lowest BCUT2D eigenvalue weighted by Gasteiger charge is -2.21. The van der Waals surface area contributed by atoms with Crippen molar-refractivity contribution in [3.8, 4) is 0 Å². The van der Waals surface area contributed by atoms with E-state index in [0.717, 1.165) is 0 Å². The molecule has 122 valence electrons. The van der Waals surface area contributed by atoms with Crippen LogP contribution in [-0.4, -0.2) is 23.3 Å². The third kappa shape index (κ3) is 5.25. The molecule has 2 rings (SSSR count). The number of amides is 2. The number of hydrogen-bond acceptors (Lipinski definition) is 3. The molecular formula is C17H19FN2O3. The van der Waals surface area contributed by atoms with Crippen LogP contribution in [0.3, 0.4) is 0 Å². The van der Waals surface area contributed by atoms with Crippen LogP contribution in [0.2, 0.25) is 0 Å². The summed E-state index contributed by atoms with van der Waals surface area (Å²) in [5.74, 6) is -0.0950. The summed E-state index contributed by atoms with van der Waals surface area (Å²) in [7, 11) is 0. The van der Waals surface area contributed by atoms with Gasteiger partial charge < -0.3 is 14.6 Å². The highest BCUT2D eigenvalue weighted by Crippen LogP contribution is 2.10. The molecule has 5 nitrogen and oxygen atoms in total. The van der Waals surface area contributed by atoms with Crippen LogP contribution >= 0.6 is 0 Å². The van der Waals surface area contributed by atoms with Crippen molar-refractivity contribution in [2.75, 3.05) is 6.54 Å². The first-order valence-electron chi connectivity index (χ1n) is 7.34. The van der Waals surface area contributed by atoms with Gasteiger partial charge in [-0.3, -0.25) is 9.59 Å². The summed E-state index contributed by atoms with van der Waals surface area (Å²) in [6.45, 7) is 2.09. The summed E-state index contributed by atoms with van der Waals surface area (Å²) in [6, 6.07) is 9.80. The van der Waals surface area contributed by atoms with E-state index in [1.54, 1.807) is 30.3 Å². The summed E-state index contributed by atoms with van der Waals surface area (Å²) in [6.07, 6.45) is 1.68. The van der Waals surface area contributed by atoms with Crippen LogP contribution in [0.4, 0.5) is 4.39 Å². The third-order valence-electron chi connectivity index (χ3n) is 3.41. The Hall–Kier alpha value is -2.63. The Morgan fingerprint density at radius 3 is 2.65 bits per heavy atom. The molecule has 0 aliphatic heterocycles. The molecule has 0 unspecified atom stereocenters. The molecule has 0 aliphatic rings. The molecule has 2 amide bonds. The van der Waals surface area contributed by atoms with Gasteiger partial charge in [0.2, 0.25) is 11.8 Å². The van der Waals surface area contributed by atoms with Crippen LogP contribution < -0.4 is 5.32 Å². The number of benzene rings is 1. The molecule has 0 saturated heterocycles. The van der Waals surface area contributed by atoms with Gasteiger partial charge in [0.25, 0.3) is 0 Å². The number of hydrogen-bond donors (Lipinski definition) is 1. The minimum absolute atomic E-state index is 0.146. The van der Waals surface area contributed by atoms with Gasteiger partial charge in [0.05, 0.1) is 12.8 Å². The van der Waals surface area contributed by atoms with Crippen molar-refractivity contribution < 1.29 is 18.4 Å². The van der Waals surface area contributed by atoms with Crippen molar-refractivity contribution in [3.05, 3.63) is 59.8 Å². The van der Waals surface area contributed by atoms with E-state index in [1.807, 2.05) is 0 Å². The Morgan fingerprint density at radius 1 is 1.22 bits per heavy atom. The standard InChI is InChI=1S/C17H19FN2O3/c1-13(21)20(12-14-5-2-3-7-16(14)18)9-8-17(22)19-11-15-6-4-10-23-15/h2-7,10H,8-9,11-12H2,1H3,(H,19,22). The van der Waals surface area contributed by atoms with Crippen molar-refractivity contribution in [3.63, 3.8) is 0 Å². The predicted octanol–water partition coefficient (Wildman–Crippen LogP) is 2.47. The van der Waals surface area contributed by atoms with Gasteiger partial charge in [-0.15, -0.1) is 0 Å². The summed E-state index contributed by atoms with van der Waals surface area (Å²) in [5.41, 5.74) is 0.429. The smallest absolute Gasteiger partial charge is 0.222 e. The van der Waals surface area contributed by atoms with E-state index in [9.17, 15) is 14.0 Å². The maximum absolute atomic E-state index is 13.7. The number of nitrogens with zero attached hydrogens (tertiary/aromatic N) is 1.